The van der Waals surface area contributed by atoms with E-state index in [-0.39, 0.29) is 0 Å². The summed E-state index contributed by atoms with van der Waals surface area (Å²) >= 11 is 0. The lowest BCUT2D eigenvalue weighted by atomic mass is 10.1. The summed E-state index contributed by atoms with van der Waals surface area (Å²) in [5, 5.41) is 2.89. The summed E-state index contributed by atoms with van der Waals surface area (Å²) in [6, 6.07) is 25.3. The van der Waals surface area contributed by atoms with Gasteiger partial charge in [-0.1, -0.05) is 60.7 Å². The highest BCUT2D eigenvalue weighted by Crippen LogP contribution is 2.77. The van der Waals surface area contributed by atoms with Crippen molar-refractivity contribution in [2.24, 2.45) is 0 Å². The molecule has 0 N–H and O–H groups in total. The van der Waals surface area contributed by atoms with Gasteiger partial charge in [-0.05, 0) is 23.3 Å². The minimum atomic E-state index is -0.421. The lowest BCUT2D eigenvalue weighted by Gasteiger charge is -1.98. The van der Waals surface area contributed by atoms with Gasteiger partial charge in [0.05, 0.1) is 6.26 Å². The summed E-state index contributed by atoms with van der Waals surface area (Å²) in [7, 11) is -0.421. The Kier molecular flexibility index (Phi) is 2.79. The van der Waals surface area contributed by atoms with Crippen molar-refractivity contribution in [3.05, 3.63) is 90.2 Å². The fourth-order valence-corrected chi connectivity index (χ4v) is 4.90. The monoisotopic (exact) mass is 276 g/mol. The van der Waals surface area contributed by atoms with Crippen LogP contribution in [0.4, 0.5) is 0 Å². The molecule has 1 aliphatic rings. The van der Waals surface area contributed by atoms with Crippen molar-refractivity contribution in [1.82, 2.24) is 0 Å². The third-order valence-electron chi connectivity index (χ3n) is 3.44. The highest BCUT2D eigenvalue weighted by atomic mass is 31.1. The smallest absolute Gasteiger partial charge is 0.134 e. The normalized spacial score (nSPS) is 14.6. The zero-order valence-electron chi connectivity index (χ0n) is 10.9. The summed E-state index contributed by atoms with van der Waals surface area (Å²) in [4.78, 5) is 0. The molecule has 0 aliphatic carbocycles. The Morgan fingerprint density at radius 3 is 1.60 bits per heavy atom. The Balaban J connectivity index is 1.81. The van der Waals surface area contributed by atoms with Crippen molar-refractivity contribution in [3.8, 4) is 0 Å². The molecule has 0 bridgehead atoms. The SMILES string of the molecule is c1ccc(C2=C(c3ccccc3)P2c2ccco2)cc1. The lowest BCUT2D eigenvalue weighted by Crippen LogP contribution is -1.87. The van der Waals surface area contributed by atoms with E-state index in [1.165, 1.54) is 21.8 Å². The summed E-state index contributed by atoms with van der Waals surface area (Å²) in [5.74, 6) is 0. The third kappa shape index (κ3) is 1.92. The maximum Gasteiger partial charge on any atom is 0.134 e. The average Bonchev–Trinajstić information content (AvgIpc) is 3.03. The van der Waals surface area contributed by atoms with E-state index in [2.05, 4.69) is 66.7 Å². The van der Waals surface area contributed by atoms with E-state index in [0.717, 1.165) is 5.50 Å². The summed E-state index contributed by atoms with van der Waals surface area (Å²) in [5.41, 5.74) is 3.72. The van der Waals surface area contributed by atoms with Crippen LogP contribution in [0.5, 0.6) is 0 Å². The molecule has 2 heteroatoms. The van der Waals surface area contributed by atoms with Crippen molar-refractivity contribution in [1.29, 1.82) is 0 Å². The van der Waals surface area contributed by atoms with Crippen molar-refractivity contribution in [3.63, 3.8) is 0 Å². The predicted octanol–water partition coefficient (Wildman–Crippen LogP) is 4.93. The predicted molar refractivity (Wildman–Crippen MR) is 85.0 cm³/mol. The van der Waals surface area contributed by atoms with Gasteiger partial charge in [-0.25, -0.2) is 0 Å². The maximum absolute atomic E-state index is 5.65. The molecule has 2 heterocycles. The summed E-state index contributed by atoms with van der Waals surface area (Å²) in [6.45, 7) is 0. The first-order chi connectivity index (χ1) is 9.95. The molecule has 1 aliphatic heterocycles. The summed E-state index contributed by atoms with van der Waals surface area (Å²) < 4.78 is 5.65. The second-order valence-electron chi connectivity index (χ2n) is 4.72. The van der Waals surface area contributed by atoms with Crippen LogP contribution in [0, 0.1) is 0 Å². The molecule has 4 rings (SSSR count). The minimum absolute atomic E-state index is 0.421. The molecule has 0 atom stereocenters. The van der Waals surface area contributed by atoms with Crippen LogP contribution in [-0.4, -0.2) is 0 Å². The standard InChI is InChI=1S/C18H13OP/c1-3-8-14(9-4-1)17-18(15-10-5-2-6-11-15)20(17)16-12-7-13-19-16/h1-13H. The molecule has 0 spiro atoms. The van der Waals surface area contributed by atoms with Gasteiger partial charge in [0, 0.05) is 18.5 Å². The molecular formula is C18H13OP. The zero-order chi connectivity index (χ0) is 13.4. The second-order valence-corrected chi connectivity index (χ2v) is 6.72. The average molecular weight is 276 g/mol. The van der Waals surface area contributed by atoms with E-state index >= 15 is 0 Å². The molecule has 0 saturated carbocycles. The first-order valence-corrected chi connectivity index (χ1v) is 7.98. The number of furan rings is 1. The van der Waals surface area contributed by atoms with Crippen LogP contribution >= 0.6 is 7.92 Å². The fourth-order valence-electron chi connectivity index (χ4n) is 2.51. The molecule has 0 saturated heterocycles. The van der Waals surface area contributed by atoms with Crippen LogP contribution in [0.2, 0.25) is 0 Å². The van der Waals surface area contributed by atoms with Gasteiger partial charge < -0.3 is 4.42 Å². The topological polar surface area (TPSA) is 13.1 Å². The fraction of sp³-hybridized carbons (Fsp3) is 0. The third-order valence-corrected chi connectivity index (χ3v) is 5.77. The molecule has 0 radical (unpaired) electrons. The Morgan fingerprint density at radius 2 is 1.15 bits per heavy atom. The first kappa shape index (κ1) is 11.7. The van der Waals surface area contributed by atoms with E-state index < -0.39 is 7.92 Å². The van der Waals surface area contributed by atoms with E-state index in [1.807, 2.05) is 6.07 Å². The van der Waals surface area contributed by atoms with Crippen molar-refractivity contribution in [2.45, 2.75) is 0 Å². The van der Waals surface area contributed by atoms with Gasteiger partial charge in [0.2, 0.25) is 0 Å². The minimum Gasteiger partial charge on any atom is -0.464 e. The van der Waals surface area contributed by atoms with Gasteiger partial charge >= 0.3 is 0 Å². The van der Waals surface area contributed by atoms with Gasteiger partial charge in [0.15, 0.2) is 0 Å². The van der Waals surface area contributed by atoms with Crippen LogP contribution in [-0.2, 0) is 0 Å². The number of hydrogen-bond donors (Lipinski definition) is 0. The van der Waals surface area contributed by atoms with Crippen LogP contribution < -0.4 is 5.50 Å². The Hall–Kier alpha value is -2.11. The molecule has 0 unspecified atom stereocenters. The summed E-state index contributed by atoms with van der Waals surface area (Å²) in [6.07, 6.45) is 1.77. The highest BCUT2D eigenvalue weighted by Gasteiger charge is 2.41. The molecule has 1 nitrogen and oxygen atoms in total. The van der Waals surface area contributed by atoms with Gasteiger partial charge in [-0.2, -0.15) is 0 Å². The van der Waals surface area contributed by atoms with E-state index in [1.54, 1.807) is 6.26 Å². The van der Waals surface area contributed by atoms with E-state index in [0.29, 0.717) is 0 Å². The van der Waals surface area contributed by atoms with Crippen molar-refractivity contribution < 1.29 is 4.42 Å². The van der Waals surface area contributed by atoms with Crippen LogP contribution in [0.3, 0.4) is 0 Å². The molecule has 0 fully saturated rings. The quantitative estimate of drug-likeness (QED) is 0.618. The lowest BCUT2D eigenvalue weighted by molar-refractivity contribution is 0.603. The molecule has 2 aromatic carbocycles. The van der Waals surface area contributed by atoms with Crippen LogP contribution in [0.1, 0.15) is 11.1 Å². The van der Waals surface area contributed by atoms with E-state index in [4.69, 9.17) is 4.42 Å². The molecular weight excluding hydrogens is 263 g/mol. The largest absolute Gasteiger partial charge is 0.464 e. The van der Waals surface area contributed by atoms with Gasteiger partial charge in [-0.3, -0.25) is 0 Å². The highest BCUT2D eigenvalue weighted by molar-refractivity contribution is 7.94. The molecule has 1 aromatic heterocycles. The zero-order valence-corrected chi connectivity index (χ0v) is 11.8. The molecule has 0 amide bonds. The van der Waals surface area contributed by atoms with E-state index in [9.17, 15) is 0 Å². The van der Waals surface area contributed by atoms with Gasteiger partial charge in [0.1, 0.15) is 5.50 Å². The van der Waals surface area contributed by atoms with Crippen molar-refractivity contribution >= 4 is 24.1 Å². The first-order valence-electron chi connectivity index (χ1n) is 6.64. The Labute approximate surface area is 119 Å². The van der Waals surface area contributed by atoms with Gasteiger partial charge in [-0.15, -0.1) is 0 Å². The van der Waals surface area contributed by atoms with Gasteiger partial charge in [0.25, 0.3) is 0 Å². The number of benzene rings is 2. The Bertz CT molecular complexity index is 693. The molecule has 3 aromatic rings. The van der Waals surface area contributed by atoms with Crippen LogP contribution in [0.25, 0.3) is 10.6 Å². The number of rotatable bonds is 3. The molecule has 96 valence electrons. The second kappa shape index (κ2) is 4.77. The molecule has 20 heavy (non-hydrogen) atoms. The number of hydrogen-bond acceptors (Lipinski definition) is 1. The van der Waals surface area contributed by atoms with Crippen molar-refractivity contribution in [2.75, 3.05) is 0 Å². The maximum atomic E-state index is 5.65. The van der Waals surface area contributed by atoms with Crippen LogP contribution in [0.15, 0.2) is 83.5 Å². The Morgan fingerprint density at radius 1 is 0.600 bits per heavy atom.